The lowest BCUT2D eigenvalue weighted by Gasteiger charge is -2.21. The number of hydrogen-bond acceptors (Lipinski definition) is 4. The van der Waals surface area contributed by atoms with E-state index < -0.39 is 0 Å². The molecule has 1 amide bonds. The van der Waals surface area contributed by atoms with Crippen LogP contribution in [0.5, 0.6) is 5.75 Å². The van der Waals surface area contributed by atoms with E-state index in [1.54, 1.807) is 7.05 Å². The number of aryl methyl sites for hydroxylation is 1. The molecule has 1 aromatic carbocycles. The number of halogens is 1. The number of carbonyl (C=O) groups excluding carboxylic acids is 1. The van der Waals surface area contributed by atoms with Crippen molar-refractivity contribution >= 4 is 35.8 Å². The summed E-state index contributed by atoms with van der Waals surface area (Å²) < 4.78 is 11.2. The quantitative estimate of drug-likeness (QED) is 0.172. The summed E-state index contributed by atoms with van der Waals surface area (Å²) >= 11 is 0. The van der Waals surface area contributed by atoms with Gasteiger partial charge in [0.05, 0.1) is 6.61 Å². The molecule has 0 unspecified atom stereocenters. The van der Waals surface area contributed by atoms with Gasteiger partial charge in [-0.1, -0.05) is 31.4 Å². The van der Waals surface area contributed by atoms with Gasteiger partial charge in [-0.2, -0.15) is 0 Å². The molecule has 1 fully saturated rings. The zero-order valence-electron chi connectivity index (χ0n) is 19.2. The minimum atomic E-state index is 0. The van der Waals surface area contributed by atoms with Crippen LogP contribution in [-0.4, -0.2) is 51.8 Å². The third-order valence-electron chi connectivity index (χ3n) is 5.27. The molecule has 0 atom stereocenters. The first-order valence-corrected chi connectivity index (χ1v) is 11.2. The molecule has 7 nitrogen and oxygen atoms in total. The van der Waals surface area contributed by atoms with Crippen LogP contribution in [0.1, 0.15) is 50.2 Å². The number of nitrogens with one attached hydrogen (secondary N) is 3. The number of hydrogen-bond donors (Lipinski definition) is 3. The highest BCUT2D eigenvalue weighted by Gasteiger charge is 2.20. The fraction of sp³-hybridized carbons (Fsp3) is 0.652. The Bertz CT molecular complexity index is 679. The second kappa shape index (κ2) is 16.1. The highest BCUT2D eigenvalue weighted by Crippen LogP contribution is 2.23. The maximum Gasteiger partial charge on any atom is 0.223 e. The molecule has 8 heteroatoms. The van der Waals surface area contributed by atoms with Crippen molar-refractivity contribution in [2.75, 3.05) is 40.0 Å². The van der Waals surface area contributed by atoms with Crippen molar-refractivity contribution in [3.05, 3.63) is 29.3 Å². The molecule has 0 heterocycles. The van der Waals surface area contributed by atoms with Crippen LogP contribution in [-0.2, 0) is 16.1 Å². The molecule has 1 aromatic rings. The van der Waals surface area contributed by atoms with E-state index in [2.05, 4.69) is 40.0 Å². The fourth-order valence-electron chi connectivity index (χ4n) is 3.57. The number of carbonyl (C=O) groups is 1. The first kappa shape index (κ1) is 27.5. The SMILES string of the molecule is CCOCCOc1cc(C)ccc1CNC(=NC)NCCNC(=O)C1CCCCC1.I. The number of rotatable bonds is 11. The largest absolute Gasteiger partial charge is 0.491 e. The summed E-state index contributed by atoms with van der Waals surface area (Å²) in [5.74, 6) is 1.94. The number of nitrogens with zero attached hydrogens (tertiary/aromatic N) is 1. The van der Waals surface area contributed by atoms with E-state index in [0.717, 1.165) is 29.7 Å². The number of ether oxygens (including phenoxy) is 2. The van der Waals surface area contributed by atoms with Gasteiger partial charge in [0.1, 0.15) is 12.4 Å². The maximum absolute atomic E-state index is 12.2. The van der Waals surface area contributed by atoms with Gasteiger partial charge in [0.25, 0.3) is 0 Å². The van der Waals surface area contributed by atoms with Crippen LogP contribution in [0.3, 0.4) is 0 Å². The summed E-state index contributed by atoms with van der Waals surface area (Å²) in [5, 5.41) is 9.60. The van der Waals surface area contributed by atoms with Crippen molar-refractivity contribution in [2.24, 2.45) is 10.9 Å². The molecule has 1 aliphatic carbocycles. The van der Waals surface area contributed by atoms with E-state index in [1.807, 2.05) is 13.0 Å². The van der Waals surface area contributed by atoms with Gasteiger partial charge in [-0.05, 0) is 38.3 Å². The predicted molar refractivity (Wildman–Crippen MR) is 136 cm³/mol. The molecule has 176 valence electrons. The van der Waals surface area contributed by atoms with E-state index in [0.29, 0.717) is 45.4 Å². The third kappa shape index (κ3) is 10.5. The van der Waals surface area contributed by atoms with Gasteiger partial charge >= 0.3 is 0 Å². The predicted octanol–water partition coefficient (Wildman–Crippen LogP) is 3.39. The molecule has 0 spiro atoms. The van der Waals surface area contributed by atoms with Crippen molar-refractivity contribution < 1.29 is 14.3 Å². The first-order valence-electron chi connectivity index (χ1n) is 11.2. The second-order valence-corrected chi connectivity index (χ2v) is 7.64. The van der Waals surface area contributed by atoms with E-state index in [4.69, 9.17) is 9.47 Å². The minimum absolute atomic E-state index is 0. The van der Waals surface area contributed by atoms with E-state index in [9.17, 15) is 4.79 Å². The third-order valence-corrected chi connectivity index (χ3v) is 5.27. The van der Waals surface area contributed by atoms with Gasteiger partial charge in [0.2, 0.25) is 5.91 Å². The van der Waals surface area contributed by atoms with Crippen molar-refractivity contribution in [1.82, 2.24) is 16.0 Å². The number of guanidine groups is 1. The van der Waals surface area contributed by atoms with Crippen molar-refractivity contribution in [2.45, 2.75) is 52.5 Å². The van der Waals surface area contributed by atoms with Crippen LogP contribution in [0.15, 0.2) is 23.2 Å². The molecule has 2 rings (SSSR count). The summed E-state index contributed by atoms with van der Waals surface area (Å²) in [6.45, 7) is 7.63. The highest BCUT2D eigenvalue weighted by molar-refractivity contribution is 14.0. The van der Waals surface area contributed by atoms with E-state index in [-0.39, 0.29) is 35.8 Å². The van der Waals surface area contributed by atoms with E-state index >= 15 is 0 Å². The maximum atomic E-state index is 12.2. The lowest BCUT2D eigenvalue weighted by atomic mass is 9.89. The molecule has 0 radical (unpaired) electrons. The van der Waals surface area contributed by atoms with Crippen molar-refractivity contribution in [3.63, 3.8) is 0 Å². The lowest BCUT2D eigenvalue weighted by Crippen LogP contribution is -2.42. The summed E-state index contributed by atoms with van der Waals surface area (Å²) in [7, 11) is 1.74. The normalized spacial score (nSPS) is 14.5. The zero-order valence-corrected chi connectivity index (χ0v) is 21.5. The Labute approximate surface area is 204 Å². The molecule has 0 aromatic heterocycles. The summed E-state index contributed by atoms with van der Waals surface area (Å²) in [6, 6.07) is 6.18. The zero-order chi connectivity index (χ0) is 21.6. The Hall–Kier alpha value is -1.55. The van der Waals surface area contributed by atoms with Gasteiger partial charge in [-0.25, -0.2) is 0 Å². The fourth-order valence-corrected chi connectivity index (χ4v) is 3.57. The van der Waals surface area contributed by atoms with Crippen LogP contribution >= 0.6 is 24.0 Å². The summed E-state index contributed by atoms with van der Waals surface area (Å²) in [4.78, 5) is 16.5. The molecule has 0 bridgehead atoms. The van der Waals surface area contributed by atoms with Crippen LogP contribution in [0, 0.1) is 12.8 Å². The number of aliphatic imine (C=N–C) groups is 1. The average Bonchev–Trinajstić information content (AvgIpc) is 2.77. The number of amides is 1. The summed E-state index contributed by atoms with van der Waals surface area (Å²) in [6.07, 6.45) is 5.64. The molecular formula is C23H39IN4O3. The monoisotopic (exact) mass is 546 g/mol. The van der Waals surface area contributed by atoms with Crippen LogP contribution in [0.2, 0.25) is 0 Å². The first-order chi connectivity index (χ1) is 14.6. The Morgan fingerprint density at radius 3 is 2.55 bits per heavy atom. The Kier molecular flexibility index (Phi) is 14.3. The molecule has 0 aliphatic heterocycles. The Balaban J connectivity index is 0.00000480. The molecule has 3 N–H and O–H groups in total. The number of benzene rings is 1. The van der Waals surface area contributed by atoms with Gasteiger partial charge in [-0.15, -0.1) is 24.0 Å². The summed E-state index contributed by atoms with van der Waals surface area (Å²) in [5.41, 5.74) is 2.21. The molecule has 31 heavy (non-hydrogen) atoms. The van der Waals surface area contributed by atoms with Crippen molar-refractivity contribution in [3.8, 4) is 5.75 Å². The van der Waals surface area contributed by atoms with Gasteiger partial charge in [0, 0.05) is 44.8 Å². The molecule has 1 aliphatic rings. The minimum Gasteiger partial charge on any atom is -0.491 e. The smallest absolute Gasteiger partial charge is 0.223 e. The van der Waals surface area contributed by atoms with Crippen molar-refractivity contribution in [1.29, 1.82) is 0 Å². The standard InChI is InChI=1S/C23H38N4O3.HI/c1-4-29-14-15-30-21-16-18(2)10-11-20(21)17-27-23(24-3)26-13-12-25-22(28)19-8-6-5-7-9-19;/h10-11,16,19H,4-9,12-15,17H2,1-3H3,(H,25,28)(H2,24,26,27);1H. The molecular weight excluding hydrogens is 507 g/mol. The highest BCUT2D eigenvalue weighted by atomic mass is 127. The second-order valence-electron chi connectivity index (χ2n) is 7.64. The van der Waals surface area contributed by atoms with Gasteiger partial charge < -0.3 is 25.4 Å². The molecule has 0 saturated heterocycles. The Morgan fingerprint density at radius 1 is 1.10 bits per heavy atom. The van der Waals surface area contributed by atoms with Crippen LogP contribution in [0.25, 0.3) is 0 Å². The average molecular weight is 546 g/mol. The van der Waals surface area contributed by atoms with Gasteiger partial charge in [-0.3, -0.25) is 9.79 Å². The Morgan fingerprint density at radius 2 is 1.84 bits per heavy atom. The molecule has 1 saturated carbocycles. The van der Waals surface area contributed by atoms with Gasteiger partial charge in [0.15, 0.2) is 5.96 Å². The van der Waals surface area contributed by atoms with Crippen LogP contribution < -0.4 is 20.7 Å². The topological polar surface area (TPSA) is 84.0 Å². The van der Waals surface area contributed by atoms with E-state index in [1.165, 1.54) is 19.3 Å². The lowest BCUT2D eigenvalue weighted by molar-refractivity contribution is -0.125. The van der Waals surface area contributed by atoms with Crippen LogP contribution in [0.4, 0.5) is 0 Å².